The highest BCUT2D eigenvalue weighted by Gasteiger charge is 2.39. The van der Waals surface area contributed by atoms with Crippen molar-refractivity contribution in [3.8, 4) is 0 Å². The average molecular weight is 483 g/mol. The summed E-state index contributed by atoms with van der Waals surface area (Å²) in [6, 6.07) is 0.105. The van der Waals surface area contributed by atoms with E-state index in [1.807, 2.05) is 11.8 Å². The molecular formula is C22H34N4O4S2. The molecule has 1 aromatic rings. The van der Waals surface area contributed by atoms with E-state index in [0.29, 0.717) is 17.8 Å². The van der Waals surface area contributed by atoms with Crippen LogP contribution in [-0.4, -0.2) is 84.3 Å². The number of carbonyl (C=O) groups is 2. The van der Waals surface area contributed by atoms with Gasteiger partial charge in [0.05, 0.1) is 29.3 Å². The van der Waals surface area contributed by atoms with Crippen molar-refractivity contribution in [1.82, 2.24) is 20.1 Å². The minimum absolute atomic E-state index is 0.0644. The number of aromatic nitrogens is 1. The Morgan fingerprint density at radius 1 is 1.12 bits per heavy atom. The Kier molecular flexibility index (Phi) is 7.51. The van der Waals surface area contributed by atoms with Crippen LogP contribution in [0.2, 0.25) is 0 Å². The Labute approximate surface area is 194 Å². The van der Waals surface area contributed by atoms with Gasteiger partial charge in [0.1, 0.15) is 4.88 Å². The van der Waals surface area contributed by atoms with Crippen LogP contribution in [0.1, 0.15) is 66.7 Å². The van der Waals surface area contributed by atoms with Gasteiger partial charge in [-0.25, -0.2) is 13.4 Å². The number of hydrogen-bond donors (Lipinski definition) is 1. The summed E-state index contributed by atoms with van der Waals surface area (Å²) >= 11 is 1.36. The number of likely N-dealkylation sites (tertiary alicyclic amines) is 1. The zero-order chi connectivity index (χ0) is 22.7. The van der Waals surface area contributed by atoms with Crippen molar-refractivity contribution in [3.63, 3.8) is 0 Å². The molecule has 3 fully saturated rings. The molecule has 2 amide bonds. The molecule has 178 valence electrons. The lowest BCUT2D eigenvalue weighted by Gasteiger charge is -2.40. The van der Waals surface area contributed by atoms with Crippen LogP contribution in [0.4, 0.5) is 0 Å². The minimum Gasteiger partial charge on any atom is -0.348 e. The predicted octanol–water partition coefficient (Wildman–Crippen LogP) is 1.99. The summed E-state index contributed by atoms with van der Waals surface area (Å²) < 4.78 is 24.2. The second kappa shape index (κ2) is 10.2. The van der Waals surface area contributed by atoms with Crippen LogP contribution in [0, 0.1) is 6.92 Å². The SMILES string of the molecule is Cc1ncsc1C(=O)NC1CCN(CC(=O)N(C2CCCCC2)C2CCS(=O)(=O)C2)CC1. The summed E-state index contributed by atoms with van der Waals surface area (Å²) in [6.45, 7) is 3.68. The average Bonchev–Trinajstić information content (AvgIpc) is 3.35. The van der Waals surface area contributed by atoms with Gasteiger partial charge in [-0.15, -0.1) is 11.3 Å². The number of nitrogens with zero attached hydrogens (tertiary/aromatic N) is 3. The number of rotatable bonds is 6. The van der Waals surface area contributed by atoms with Crippen LogP contribution in [-0.2, 0) is 14.6 Å². The van der Waals surface area contributed by atoms with Crippen molar-refractivity contribution < 1.29 is 18.0 Å². The summed E-state index contributed by atoms with van der Waals surface area (Å²) in [5, 5.41) is 3.11. The van der Waals surface area contributed by atoms with E-state index in [9.17, 15) is 18.0 Å². The van der Waals surface area contributed by atoms with E-state index in [0.717, 1.165) is 57.3 Å². The highest BCUT2D eigenvalue weighted by atomic mass is 32.2. The van der Waals surface area contributed by atoms with Crippen molar-refractivity contribution in [2.24, 2.45) is 0 Å². The molecule has 4 rings (SSSR count). The first-order valence-corrected chi connectivity index (χ1v) is 14.5. The highest BCUT2D eigenvalue weighted by molar-refractivity contribution is 7.91. The largest absolute Gasteiger partial charge is 0.348 e. The van der Waals surface area contributed by atoms with Crippen LogP contribution in [0.15, 0.2) is 5.51 Å². The smallest absolute Gasteiger partial charge is 0.263 e. The van der Waals surface area contributed by atoms with E-state index < -0.39 is 9.84 Å². The van der Waals surface area contributed by atoms with E-state index in [-0.39, 0.29) is 41.4 Å². The van der Waals surface area contributed by atoms with Gasteiger partial charge in [-0.1, -0.05) is 19.3 Å². The molecule has 1 saturated carbocycles. The minimum atomic E-state index is -3.04. The summed E-state index contributed by atoms with van der Waals surface area (Å²) in [4.78, 5) is 34.7. The molecular weight excluding hydrogens is 448 g/mol. The molecule has 1 atom stereocenters. The van der Waals surface area contributed by atoms with Crippen LogP contribution in [0.25, 0.3) is 0 Å². The number of nitrogens with one attached hydrogen (secondary N) is 1. The number of piperidine rings is 1. The van der Waals surface area contributed by atoms with Crippen molar-refractivity contribution in [2.75, 3.05) is 31.1 Å². The van der Waals surface area contributed by atoms with Crippen molar-refractivity contribution in [3.05, 3.63) is 16.1 Å². The van der Waals surface area contributed by atoms with Crippen LogP contribution < -0.4 is 5.32 Å². The van der Waals surface area contributed by atoms with Gasteiger partial charge in [-0.05, 0) is 39.0 Å². The molecule has 8 nitrogen and oxygen atoms in total. The van der Waals surface area contributed by atoms with Crippen LogP contribution in [0.3, 0.4) is 0 Å². The van der Waals surface area contributed by atoms with Crippen LogP contribution in [0.5, 0.6) is 0 Å². The maximum Gasteiger partial charge on any atom is 0.263 e. The van der Waals surface area contributed by atoms with Gasteiger partial charge in [0, 0.05) is 31.2 Å². The molecule has 3 aliphatic rings. The molecule has 0 aromatic carbocycles. The van der Waals surface area contributed by atoms with Gasteiger partial charge in [-0.2, -0.15) is 0 Å². The number of thiazole rings is 1. The summed E-state index contributed by atoms with van der Waals surface area (Å²) in [7, 11) is -3.04. The third-order valence-electron chi connectivity index (χ3n) is 7.09. The van der Waals surface area contributed by atoms with E-state index in [1.165, 1.54) is 17.8 Å². The lowest BCUT2D eigenvalue weighted by atomic mass is 9.92. The standard InChI is InChI=1S/C22H34N4O4S2/c1-16-21(31-15-23-16)22(28)24-17-7-10-25(11-8-17)13-20(27)26(18-5-3-2-4-6-18)19-9-12-32(29,30)14-19/h15,17-19H,2-14H2,1H3,(H,24,28). The summed E-state index contributed by atoms with van der Waals surface area (Å²) in [6.07, 6.45) is 7.55. The molecule has 0 bridgehead atoms. The van der Waals surface area contributed by atoms with E-state index in [1.54, 1.807) is 5.51 Å². The molecule has 10 heteroatoms. The van der Waals surface area contributed by atoms with Gasteiger partial charge in [0.25, 0.3) is 5.91 Å². The third kappa shape index (κ3) is 5.69. The van der Waals surface area contributed by atoms with E-state index >= 15 is 0 Å². The maximum absolute atomic E-state index is 13.4. The van der Waals surface area contributed by atoms with Crippen LogP contribution >= 0.6 is 11.3 Å². The second-order valence-corrected chi connectivity index (χ2v) is 12.5. The molecule has 0 radical (unpaired) electrons. The first-order chi connectivity index (χ1) is 15.3. The summed E-state index contributed by atoms with van der Waals surface area (Å²) in [5.41, 5.74) is 2.44. The van der Waals surface area contributed by atoms with E-state index in [4.69, 9.17) is 0 Å². The number of aryl methyl sites for hydroxylation is 1. The lowest BCUT2D eigenvalue weighted by Crippen LogP contribution is -2.53. The highest BCUT2D eigenvalue weighted by Crippen LogP contribution is 2.29. The Bertz CT molecular complexity index is 918. The lowest BCUT2D eigenvalue weighted by molar-refractivity contribution is -0.138. The molecule has 1 unspecified atom stereocenters. The number of hydrogen-bond acceptors (Lipinski definition) is 7. The molecule has 2 saturated heterocycles. The molecule has 1 aromatic heterocycles. The normalized spacial score (nSPS) is 25.0. The molecule has 2 aliphatic heterocycles. The fourth-order valence-electron chi connectivity index (χ4n) is 5.34. The Morgan fingerprint density at radius 3 is 2.44 bits per heavy atom. The summed E-state index contributed by atoms with van der Waals surface area (Å²) in [5.74, 6) is 0.311. The van der Waals surface area contributed by atoms with Crippen molar-refractivity contribution >= 4 is 33.0 Å². The van der Waals surface area contributed by atoms with Crippen molar-refractivity contribution in [2.45, 2.75) is 76.4 Å². The maximum atomic E-state index is 13.4. The third-order valence-corrected chi connectivity index (χ3v) is 9.77. The number of sulfone groups is 1. The van der Waals surface area contributed by atoms with Gasteiger partial charge >= 0.3 is 0 Å². The second-order valence-electron chi connectivity index (χ2n) is 9.44. The number of amides is 2. The van der Waals surface area contributed by atoms with Gasteiger partial charge < -0.3 is 10.2 Å². The first-order valence-electron chi connectivity index (χ1n) is 11.8. The zero-order valence-electron chi connectivity index (χ0n) is 18.8. The fraction of sp³-hybridized carbons (Fsp3) is 0.773. The quantitative estimate of drug-likeness (QED) is 0.666. The van der Waals surface area contributed by atoms with Gasteiger partial charge in [0.15, 0.2) is 9.84 Å². The molecule has 1 N–H and O–H groups in total. The predicted molar refractivity (Wildman–Crippen MR) is 125 cm³/mol. The Morgan fingerprint density at radius 2 is 1.84 bits per heavy atom. The molecule has 32 heavy (non-hydrogen) atoms. The van der Waals surface area contributed by atoms with Gasteiger partial charge in [-0.3, -0.25) is 14.5 Å². The Balaban J connectivity index is 1.32. The monoisotopic (exact) mass is 482 g/mol. The number of carbonyl (C=O) groups excluding carboxylic acids is 2. The Hall–Kier alpha value is -1.52. The molecule has 0 spiro atoms. The first kappa shape index (κ1) is 23.6. The molecule has 1 aliphatic carbocycles. The topological polar surface area (TPSA) is 99.7 Å². The van der Waals surface area contributed by atoms with Gasteiger partial charge in [0.2, 0.25) is 5.91 Å². The fourth-order valence-corrected chi connectivity index (χ4v) is 7.76. The zero-order valence-corrected chi connectivity index (χ0v) is 20.4. The van der Waals surface area contributed by atoms with Crippen molar-refractivity contribution in [1.29, 1.82) is 0 Å². The molecule has 3 heterocycles. The van der Waals surface area contributed by atoms with E-state index in [2.05, 4.69) is 15.2 Å².